The third-order valence-electron chi connectivity index (χ3n) is 5.68. The molecule has 8 heteroatoms. The minimum Gasteiger partial charge on any atom is -0.483 e. The van der Waals surface area contributed by atoms with Crippen LogP contribution in [0.15, 0.2) is 42.9 Å². The highest BCUT2D eigenvalue weighted by atomic mass is 16.6. The predicted octanol–water partition coefficient (Wildman–Crippen LogP) is 2.41. The molecule has 2 saturated heterocycles. The van der Waals surface area contributed by atoms with E-state index in [2.05, 4.69) is 9.97 Å². The number of carbonyl (C=O) groups excluding carboxylic acids is 1. The van der Waals surface area contributed by atoms with Crippen molar-refractivity contribution >= 4 is 12.4 Å². The molecule has 2 aliphatic heterocycles. The van der Waals surface area contributed by atoms with E-state index in [0.29, 0.717) is 19.6 Å². The third-order valence-corrected chi connectivity index (χ3v) is 5.68. The molecule has 4 heterocycles. The number of aryl methyl sites for hydroxylation is 1. The summed E-state index contributed by atoms with van der Waals surface area (Å²) < 4.78 is 12.2. The monoisotopic (exact) mass is 415 g/mol. The van der Waals surface area contributed by atoms with Gasteiger partial charge in [0.25, 0.3) is 6.47 Å². The highest BCUT2D eigenvalue weighted by molar-refractivity contribution is 5.76. The number of likely N-dealkylation sites (tertiary alicyclic amines) is 1. The summed E-state index contributed by atoms with van der Waals surface area (Å²) in [7, 11) is 0. The molecule has 4 rings (SSSR count). The molecule has 2 aromatic rings. The summed E-state index contributed by atoms with van der Waals surface area (Å²) in [5.74, 6) is 0.238. The first-order chi connectivity index (χ1) is 14.6. The number of amides is 1. The van der Waals surface area contributed by atoms with Crippen molar-refractivity contribution in [2.24, 2.45) is 0 Å². The summed E-state index contributed by atoms with van der Waals surface area (Å²) in [6, 6.07) is 7.94. The largest absolute Gasteiger partial charge is 0.483 e. The van der Waals surface area contributed by atoms with Crippen LogP contribution in [0.5, 0.6) is 0 Å². The van der Waals surface area contributed by atoms with E-state index in [1.807, 2.05) is 41.6 Å². The molecule has 0 bridgehead atoms. The normalized spacial score (nSPS) is 19.9. The van der Waals surface area contributed by atoms with Gasteiger partial charge in [-0.1, -0.05) is 6.07 Å². The maximum absolute atomic E-state index is 12.5. The van der Waals surface area contributed by atoms with Crippen LogP contribution in [0.1, 0.15) is 36.9 Å². The van der Waals surface area contributed by atoms with Crippen LogP contribution in [0, 0.1) is 0 Å². The Kier molecular flexibility index (Phi) is 7.98. The highest BCUT2D eigenvalue weighted by Gasteiger charge is 2.43. The van der Waals surface area contributed by atoms with Gasteiger partial charge in [-0.25, -0.2) is 0 Å². The Labute approximate surface area is 176 Å². The number of rotatable bonds is 6. The lowest BCUT2D eigenvalue weighted by molar-refractivity contribution is -0.136. The van der Waals surface area contributed by atoms with Gasteiger partial charge in [0.15, 0.2) is 0 Å². The SMILES string of the molecule is O=C(CCc1ccc[nH]1)N1CCC2(CC1)CC(OCc1cccnc1)CO2.O=CO. The van der Waals surface area contributed by atoms with Crippen LogP contribution < -0.4 is 0 Å². The van der Waals surface area contributed by atoms with Crippen molar-refractivity contribution in [2.75, 3.05) is 19.7 Å². The minimum absolute atomic E-state index is 0.115. The Balaban J connectivity index is 0.000000806. The van der Waals surface area contributed by atoms with Gasteiger partial charge in [0.1, 0.15) is 0 Å². The van der Waals surface area contributed by atoms with Gasteiger partial charge in [-0.3, -0.25) is 14.6 Å². The van der Waals surface area contributed by atoms with Crippen LogP contribution in [0.2, 0.25) is 0 Å². The fourth-order valence-electron chi connectivity index (χ4n) is 4.04. The van der Waals surface area contributed by atoms with Crippen molar-refractivity contribution in [1.82, 2.24) is 14.9 Å². The van der Waals surface area contributed by atoms with E-state index in [-0.39, 0.29) is 24.1 Å². The van der Waals surface area contributed by atoms with E-state index < -0.39 is 0 Å². The number of H-pyrrole nitrogens is 1. The first-order valence-corrected chi connectivity index (χ1v) is 10.3. The van der Waals surface area contributed by atoms with Gasteiger partial charge in [-0.15, -0.1) is 0 Å². The van der Waals surface area contributed by atoms with Gasteiger partial charge in [-0.05, 0) is 43.0 Å². The molecule has 0 saturated carbocycles. The smallest absolute Gasteiger partial charge is 0.290 e. The fourth-order valence-corrected chi connectivity index (χ4v) is 4.04. The number of nitrogens with one attached hydrogen (secondary N) is 1. The van der Waals surface area contributed by atoms with E-state index in [4.69, 9.17) is 19.4 Å². The Bertz CT molecular complexity index is 773. The zero-order valence-electron chi connectivity index (χ0n) is 17.0. The standard InChI is InChI=1S/C21H27N3O3.CH2O2/c25-20(6-5-18-4-2-10-23-18)24-11-7-21(8-12-24)13-19(16-27-21)26-15-17-3-1-9-22-14-17;2-1-3/h1-4,9-10,14,19,23H,5-8,11-13,15-16H2;1H,(H,2,3). The lowest BCUT2D eigenvalue weighted by atomic mass is 9.88. The molecule has 1 atom stereocenters. The molecule has 8 nitrogen and oxygen atoms in total. The average molecular weight is 415 g/mol. The molecule has 30 heavy (non-hydrogen) atoms. The maximum Gasteiger partial charge on any atom is 0.290 e. The molecule has 162 valence electrons. The quantitative estimate of drug-likeness (QED) is 0.702. The van der Waals surface area contributed by atoms with Gasteiger partial charge in [0.2, 0.25) is 5.91 Å². The van der Waals surface area contributed by atoms with Gasteiger partial charge in [0, 0.05) is 50.2 Å². The van der Waals surface area contributed by atoms with Crippen LogP contribution >= 0.6 is 0 Å². The number of pyridine rings is 1. The van der Waals surface area contributed by atoms with Crippen LogP contribution in [0.3, 0.4) is 0 Å². The lowest BCUT2D eigenvalue weighted by Crippen LogP contribution is -2.46. The van der Waals surface area contributed by atoms with Crippen molar-refractivity contribution in [3.05, 3.63) is 54.1 Å². The van der Waals surface area contributed by atoms with Gasteiger partial charge in [0.05, 0.1) is 24.9 Å². The average Bonchev–Trinajstić information content (AvgIpc) is 3.43. The van der Waals surface area contributed by atoms with Crippen molar-refractivity contribution in [3.63, 3.8) is 0 Å². The van der Waals surface area contributed by atoms with Crippen molar-refractivity contribution < 1.29 is 24.2 Å². The van der Waals surface area contributed by atoms with Crippen LogP contribution in [-0.2, 0) is 32.1 Å². The van der Waals surface area contributed by atoms with E-state index in [0.717, 1.165) is 50.0 Å². The minimum atomic E-state index is -0.250. The molecule has 1 spiro atoms. The second kappa shape index (κ2) is 10.9. The number of carboxylic acid groups (broad SMARTS) is 1. The summed E-state index contributed by atoms with van der Waals surface area (Å²) in [4.78, 5) is 30.1. The van der Waals surface area contributed by atoms with Crippen molar-refractivity contribution in [3.8, 4) is 0 Å². The second-order valence-electron chi connectivity index (χ2n) is 7.67. The number of ether oxygens (including phenoxy) is 2. The molecule has 2 aliphatic rings. The first-order valence-electron chi connectivity index (χ1n) is 10.3. The summed E-state index contributed by atoms with van der Waals surface area (Å²) in [6.07, 6.45) is 9.67. The zero-order valence-corrected chi connectivity index (χ0v) is 17.0. The predicted molar refractivity (Wildman–Crippen MR) is 110 cm³/mol. The summed E-state index contributed by atoms with van der Waals surface area (Å²) >= 11 is 0. The van der Waals surface area contributed by atoms with E-state index in [9.17, 15) is 4.79 Å². The number of hydrogen-bond donors (Lipinski definition) is 2. The fraction of sp³-hybridized carbons (Fsp3) is 0.500. The molecular weight excluding hydrogens is 386 g/mol. The Morgan fingerprint density at radius 1 is 1.37 bits per heavy atom. The summed E-state index contributed by atoms with van der Waals surface area (Å²) in [5, 5.41) is 6.89. The Hall–Kier alpha value is -2.71. The topological polar surface area (TPSA) is 105 Å². The van der Waals surface area contributed by atoms with Gasteiger partial charge in [-0.2, -0.15) is 0 Å². The number of carbonyl (C=O) groups is 2. The number of aromatic nitrogens is 2. The Morgan fingerprint density at radius 2 is 2.17 bits per heavy atom. The Morgan fingerprint density at radius 3 is 2.83 bits per heavy atom. The lowest BCUT2D eigenvalue weighted by Gasteiger charge is -2.38. The van der Waals surface area contributed by atoms with E-state index in [1.54, 1.807) is 6.20 Å². The summed E-state index contributed by atoms with van der Waals surface area (Å²) in [5.41, 5.74) is 2.08. The molecule has 1 unspecified atom stereocenters. The molecule has 0 radical (unpaired) electrons. The molecule has 2 aromatic heterocycles. The zero-order chi connectivity index (χ0) is 21.2. The van der Waals surface area contributed by atoms with Gasteiger partial charge < -0.3 is 24.5 Å². The number of hydrogen-bond acceptors (Lipinski definition) is 5. The molecule has 0 aromatic carbocycles. The number of piperidine rings is 1. The van der Waals surface area contributed by atoms with Crippen molar-refractivity contribution in [2.45, 2.75) is 50.4 Å². The molecule has 2 fully saturated rings. The highest BCUT2D eigenvalue weighted by Crippen LogP contribution is 2.37. The van der Waals surface area contributed by atoms with Crippen LogP contribution in [-0.4, -0.2) is 63.8 Å². The van der Waals surface area contributed by atoms with Gasteiger partial charge >= 0.3 is 0 Å². The molecular formula is C22H29N3O5. The third kappa shape index (κ3) is 6.14. The second-order valence-corrected chi connectivity index (χ2v) is 7.67. The summed E-state index contributed by atoms with van der Waals surface area (Å²) in [6.45, 7) is 2.51. The molecule has 0 aliphatic carbocycles. The van der Waals surface area contributed by atoms with Crippen molar-refractivity contribution in [1.29, 1.82) is 0 Å². The van der Waals surface area contributed by atoms with Crippen LogP contribution in [0.4, 0.5) is 0 Å². The van der Waals surface area contributed by atoms with E-state index >= 15 is 0 Å². The maximum atomic E-state index is 12.5. The van der Waals surface area contributed by atoms with E-state index in [1.165, 1.54) is 0 Å². The molecule has 2 N–H and O–H groups in total. The number of aromatic amines is 1. The first kappa shape index (κ1) is 22.0. The van der Waals surface area contributed by atoms with Crippen LogP contribution in [0.25, 0.3) is 0 Å². The molecule has 1 amide bonds. The number of nitrogens with zero attached hydrogens (tertiary/aromatic N) is 2.